The van der Waals surface area contributed by atoms with E-state index in [1.54, 1.807) is 24.3 Å². The minimum Gasteiger partial charge on any atom is -0.465 e. The number of para-hydroxylation sites is 1. The van der Waals surface area contributed by atoms with Crippen LogP contribution in [0.2, 0.25) is 5.02 Å². The van der Waals surface area contributed by atoms with E-state index in [9.17, 15) is 14.4 Å². The predicted molar refractivity (Wildman–Crippen MR) is 111 cm³/mol. The van der Waals surface area contributed by atoms with Gasteiger partial charge >= 0.3 is 5.97 Å². The van der Waals surface area contributed by atoms with E-state index >= 15 is 0 Å². The van der Waals surface area contributed by atoms with Gasteiger partial charge in [0.1, 0.15) is 6.04 Å². The van der Waals surface area contributed by atoms with Gasteiger partial charge in [-0.3, -0.25) is 14.2 Å². The highest BCUT2D eigenvalue weighted by Crippen LogP contribution is 2.25. The summed E-state index contributed by atoms with van der Waals surface area (Å²) in [6, 6.07) is 10.6. The lowest BCUT2D eigenvalue weighted by atomic mass is 10.0. The molecule has 29 heavy (non-hydrogen) atoms. The molecule has 0 saturated heterocycles. The highest BCUT2D eigenvalue weighted by atomic mass is 35.5. The molecule has 1 atom stereocenters. The van der Waals surface area contributed by atoms with Crippen LogP contribution in [0.15, 0.2) is 53.6 Å². The maximum absolute atomic E-state index is 13.1. The number of hydrogen-bond acceptors (Lipinski definition) is 5. The van der Waals surface area contributed by atoms with Crippen molar-refractivity contribution in [2.75, 3.05) is 12.4 Å². The topological polar surface area (TPSA) is 90.3 Å². The third-order valence-corrected chi connectivity index (χ3v) is 4.77. The van der Waals surface area contributed by atoms with Gasteiger partial charge in [0.15, 0.2) is 0 Å². The second-order valence-corrected chi connectivity index (χ2v) is 7.27. The minimum absolute atomic E-state index is 0.164. The molecule has 0 aliphatic carbocycles. The lowest BCUT2D eigenvalue weighted by Gasteiger charge is -2.23. The molecule has 3 rings (SSSR count). The predicted octanol–water partition coefficient (Wildman–Crippen LogP) is 3.67. The molecule has 0 fully saturated rings. The van der Waals surface area contributed by atoms with Gasteiger partial charge in [-0.15, -0.1) is 0 Å². The van der Waals surface area contributed by atoms with Gasteiger partial charge in [-0.2, -0.15) is 0 Å². The van der Waals surface area contributed by atoms with Crippen LogP contribution >= 0.6 is 11.6 Å². The average molecular weight is 414 g/mol. The Labute approximate surface area is 172 Å². The van der Waals surface area contributed by atoms with Crippen LogP contribution in [0.3, 0.4) is 0 Å². The van der Waals surface area contributed by atoms with E-state index in [2.05, 4.69) is 10.3 Å². The zero-order valence-corrected chi connectivity index (χ0v) is 16.9. The molecule has 0 bridgehead atoms. The van der Waals surface area contributed by atoms with Crippen LogP contribution in [-0.2, 0) is 9.53 Å². The quantitative estimate of drug-likeness (QED) is 0.644. The fourth-order valence-electron chi connectivity index (χ4n) is 3.15. The Balaban J connectivity index is 2.03. The second-order valence-electron chi connectivity index (χ2n) is 6.83. The number of benzene rings is 2. The van der Waals surface area contributed by atoms with Gasteiger partial charge in [-0.05, 0) is 36.2 Å². The van der Waals surface area contributed by atoms with Gasteiger partial charge in [0.05, 0.1) is 35.6 Å². The lowest BCUT2D eigenvalue weighted by Crippen LogP contribution is -2.36. The van der Waals surface area contributed by atoms with E-state index in [1.165, 1.54) is 36.2 Å². The van der Waals surface area contributed by atoms with Crippen LogP contribution in [0.25, 0.3) is 10.9 Å². The lowest BCUT2D eigenvalue weighted by molar-refractivity contribution is -0.120. The van der Waals surface area contributed by atoms with Crippen molar-refractivity contribution in [3.05, 3.63) is 69.7 Å². The van der Waals surface area contributed by atoms with E-state index in [-0.39, 0.29) is 22.7 Å². The molecule has 0 saturated carbocycles. The molecule has 1 unspecified atom stereocenters. The Morgan fingerprint density at radius 3 is 2.59 bits per heavy atom. The van der Waals surface area contributed by atoms with Crippen molar-refractivity contribution in [2.45, 2.75) is 19.9 Å². The third kappa shape index (κ3) is 4.14. The molecule has 0 spiro atoms. The molecule has 0 aliphatic heterocycles. The summed E-state index contributed by atoms with van der Waals surface area (Å²) >= 11 is 6.03. The number of hydrogen-bond donors (Lipinski definition) is 1. The first kappa shape index (κ1) is 20.5. The molecular weight excluding hydrogens is 394 g/mol. The number of carbonyl (C=O) groups is 2. The number of carbonyl (C=O) groups excluding carboxylic acids is 2. The Morgan fingerprint density at radius 2 is 1.90 bits per heavy atom. The van der Waals surface area contributed by atoms with Crippen molar-refractivity contribution in [1.82, 2.24) is 9.55 Å². The average Bonchev–Trinajstić information content (AvgIpc) is 2.69. The summed E-state index contributed by atoms with van der Waals surface area (Å²) in [7, 11) is 1.25. The van der Waals surface area contributed by atoms with Gasteiger partial charge < -0.3 is 10.1 Å². The number of rotatable bonds is 5. The number of fused-ring (bicyclic) bond motifs is 1. The van der Waals surface area contributed by atoms with Crippen molar-refractivity contribution in [2.24, 2.45) is 5.92 Å². The summed E-state index contributed by atoms with van der Waals surface area (Å²) in [5.74, 6) is -1.30. The second kappa shape index (κ2) is 8.45. The fraction of sp³-hybridized carbons (Fsp3) is 0.238. The van der Waals surface area contributed by atoms with Gasteiger partial charge in [-0.1, -0.05) is 37.6 Å². The number of halogens is 1. The normalized spacial score (nSPS) is 12.0. The summed E-state index contributed by atoms with van der Waals surface area (Å²) in [6.45, 7) is 3.65. The zero-order valence-electron chi connectivity index (χ0n) is 16.2. The molecule has 150 valence electrons. The molecule has 8 heteroatoms. The van der Waals surface area contributed by atoms with Crippen molar-refractivity contribution < 1.29 is 14.3 Å². The highest BCUT2D eigenvalue weighted by molar-refractivity contribution is 6.31. The summed E-state index contributed by atoms with van der Waals surface area (Å²) < 4.78 is 6.07. The smallest absolute Gasteiger partial charge is 0.339 e. The Kier molecular flexibility index (Phi) is 5.98. The highest BCUT2D eigenvalue weighted by Gasteiger charge is 2.27. The van der Waals surface area contributed by atoms with Crippen LogP contribution in [-0.4, -0.2) is 28.5 Å². The Morgan fingerprint density at radius 1 is 1.17 bits per heavy atom. The van der Waals surface area contributed by atoms with E-state index in [0.717, 1.165) is 0 Å². The molecule has 2 aromatic carbocycles. The first-order valence-electron chi connectivity index (χ1n) is 8.98. The summed E-state index contributed by atoms with van der Waals surface area (Å²) in [5, 5.41) is 3.48. The number of esters is 1. The van der Waals surface area contributed by atoms with Crippen molar-refractivity contribution in [3.63, 3.8) is 0 Å². The number of anilines is 1. The Bertz CT molecular complexity index is 1140. The first-order chi connectivity index (χ1) is 13.8. The monoisotopic (exact) mass is 413 g/mol. The molecule has 7 nitrogen and oxygen atoms in total. The zero-order chi connectivity index (χ0) is 21.1. The number of amides is 1. The molecular formula is C21H20ClN3O4. The molecule has 0 radical (unpaired) electrons. The summed E-state index contributed by atoms with van der Waals surface area (Å²) in [6.07, 6.45) is 1.37. The van der Waals surface area contributed by atoms with Gasteiger partial charge in [-0.25, -0.2) is 9.78 Å². The number of nitrogens with one attached hydrogen (secondary N) is 1. The van der Waals surface area contributed by atoms with Gasteiger partial charge in [0.25, 0.3) is 5.56 Å². The fourth-order valence-corrected chi connectivity index (χ4v) is 3.32. The van der Waals surface area contributed by atoms with Crippen molar-refractivity contribution in [1.29, 1.82) is 0 Å². The number of methoxy groups -OCH3 is 1. The molecule has 1 aromatic heterocycles. The number of aromatic nitrogens is 2. The van der Waals surface area contributed by atoms with Crippen molar-refractivity contribution >= 4 is 40.1 Å². The van der Waals surface area contributed by atoms with Crippen LogP contribution in [0.1, 0.15) is 30.2 Å². The number of nitrogens with zero attached hydrogens (tertiary/aromatic N) is 2. The SMILES string of the molecule is COC(=O)c1ccc(Cl)cc1NC(=O)C(C(C)C)n1cnc2ccccc2c1=O. The third-order valence-electron chi connectivity index (χ3n) is 4.53. The van der Waals surface area contributed by atoms with Crippen LogP contribution in [0.4, 0.5) is 5.69 Å². The number of ether oxygens (including phenoxy) is 1. The van der Waals surface area contributed by atoms with Crippen LogP contribution in [0.5, 0.6) is 0 Å². The molecule has 1 N–H and O–H groups in total. The molecule has 3 aromatic rings. The summed E-state index contributed by atoms with van der Waals surface area (Å²) in [4.78, 5) is 42.4. The molecule has 1 heterocycles. The standard InChI is InChI=1S/C21H20ClN3O4/c1-12(2)18(25-11-23-16-7-5-4-6-14(16)20(25)27)19(26)24-17-10-13(22)8-9-15(17)21(28)29-3/h4-12,18H,1-3H3,(H,24,26). The minimum atomic E-state index is -0.843. The van der Waals surface area contributed by atoms with Crippen LogP contribution in [0, 0.1) is 5.92 Å². The Hall–Kier alpha value is -3.19. The van der Waals surface area contributed by atoms with E-state index < -0.39 is 17.9 Å². The van der Waals surface area contributed by atoms with Crippen molar-refractivity contribution in [3.8, 4) is 0 Å². The molecule has 0 aliphatic rings. The van der Waals surface area contributed by atoms with E-state index in [1.807, 2.05) is 13.8 Å². The molecule has 1 amide bonds. The van der Waals surface area contributed by atoms with E-state index in [0.29, 0.717) is 15.9 Å². The maximum atomic E-state index is 13.1. The summed E-state index contributed by atoms with van der Waals surface area (Å²) in [5.41, 5.74) is 0.613. The van der Waals surface area contributed by atoms with Gasteiger partial charge in [0.2, 0.25) is 5.91 Å². The van der Waals surface area contributed by atoms with Crippen LogP contribution < -0.4 is 10.9 Å². The van der Waals surface area contributed by atoms with E-state index in [4.69, 9.17) is 16.3 Å². The first-order valence-corrected chi connectivity index (χ1v) is 9.36. The van der Waals surface area contributed by atoms with Gasteiger partial charge in [0, 0.05) is 5.02 Å². The largest absolute Gasteiger partial charge is 0.465 e. The maximum Gasteiger partial charge on any atom is 0.339 e.